The highest BCUT2D eigenvalue weighted by Gasteiger charge is 2.10. The van der Waals surface area contributed by atoms with Crippen LogP contribution in [0.25, 0.3) is 0 Å². The van der Waals surface area contributed by atoms with Gasteiger partial charge in [0.1, 0.15) is 11.5 Å². The van der Waals surface area contributed by atoms with Crippen LogP contribution in [0.1, 0.15) is 51.0 Å². The Balaban J connectivity index is 2.49. The van der Waals surface area contributed by atoms with Crippen molar-refractivity contribution in [2.45, 2.75) is 46.6 Å². The summed E-state index contributed by atoms with van der Waals surface area (Å²) in [6.45, 7) is 9.21. The average Bonchev–Trinajstić information content (AvgIpc) is 2.38. The summed E-state index contributed by atoms with van der Waals surface area (Å²) in [6.07, 6.45) is 5.09. The fraction of sp³-hybridized carbons (Fsp3) is 0.643. The Hall–Kier alpha value is -1.65. The number of rotatable bonds is 7. The first kappa shape index (κ1) is 15.4. The summed E-state index contributed by atoms with van der Waals surface area (Å²) in [6, 6.07) is 0.151. The minimum absolute atomic E-state index is 0.151. The van der Waals surface area contributed by atoms with Gasteiger partial charge in [-0.1, -0.05) is 20.8 Å². The standard InChI is InChI=1S/C14H24N4O/c1-5-11(4)18-14(19)12-8-17-13(9-16-12)15-7-6-10(2)3/h8-11H,5-7H2,1-4H3,(H,15,17)(H,18,19). The molecule has 0 bridgehead atoms. The molecule has 0 aliphatic carbocycles. The molecule has 0 saturated carbocycles. The Kier molecular flexibility index (Phi) is 6.25. The number of nitrogens with one attached hydrogen (secondary N) is 2. The van der Waals surface area contributed by atoms with Gasteiger partial charge in [0, 0.05) is 12.6 Å². The molecule has 0 saturated heterocycles. The minimum Gasteiger partial charge on any atom is -0.369 e. The van der Waals surface area contributed by atoms with Crippen molar-refractivity contribution < 1.29 is 4.79 Å². The second kappa shape index (κ2) is 7.71. The molecule has 0 spiro atoms. The molecule has 1 aromatic heterocycles. The number of carbonyl (C=O) groups excluding carboxylic acids is 1. The molecule has 1 atom stereocenters. The molecule has 1 unspecified atom stereocenters. The van der Waals surface area contributed by atoms with Crippen molar-refractivity contribution in [3.63, 3.8) is 0 Å². The van der Waals surface area contributed by atoms with E-state index in [2.05, 4.69) is 34.4 Å². The number of nitrogens with zero attached hydrogens (tertiary/aromatic N) is 2. The van der Waals surface area contributed by atoms with Crippen molar-refractivity contribution in [1.82, 2.24) is 15.3 Å². The van der Waals surface area contributed by atoms with Crippen molar-refractivity contribution in [2.75, 3.05) is 11.9 Å². The van der Waals surface area contributed by atoms with Gasteiger partial charge in [-0.05, 0) is 25.7 Å². The Bertz CT molecular complexity index is 389. The zero-order chi connectivity index (χ0) is 14.3. The van der Waals surface area contributed by atoms with Crippen LogP contribution in [0.3, 0.4) is 0 Å². The van der Waals surface area contributed by atoms with E-state index in [1.807, 2.05) is 13.8 Å². The van der Waals surface area contributed by atoms with E-state index >= 15 is 0 Å². The molecule has 0 aliphatic heterocycles. The second-order valence-electron chi connectivity index (χ2n) is 5.18. The number of anilines is 1. The third kappa shape index (κ3) is 5.68. The zero-order valence-corrected chi connectivity index (χ0v) is 12.2. The lowest BCUT2D eigenvalue weighted by molar-refractivity contribution is 0.0934. The van der Waals surface area contributed by atoms with Crippen molar-refractivity contribution >= 4 is 11.7 Å². The summed E-state index contributed by atoms with van der Waals surface area (Å²) in [5.74, 6) is 1.19. The Morgan fingerprint density at radius 3 is 2.53 bits per heavy atom. The third-order valence-corrected chi connectivity index (χ3v) is 2.90. The smallest absolute Gasteiger partial charge is 0.271 e. The van der Waals surface area contributed by atoms with Gasteiger partial charge in [-0.2, -0.15) is 0 Å². The van der Waals surface area contributed by atoms with Crippen LogP contribution in [0.5, 0.6) is 0 Å². The topological polar surface area (TPSA) is 66.9 Å². The van der Waals surface area contributed by atoms with Crippen LogP contribution in [0.4, 0.5) is 5.82 Å². The molecule has 0 aromatic carbocycles. The molecule has 1 aromatic rings. The SMILES string of the molecule is CCC(C)NC(=O)c1cnc(NCCC(C)C)cn1. The lowest BCUT2D eigenvalue weighted by Gasteiger charge is -2.11. The van der Waals surface area contributed by atoms with E-state index in [0.717, 1.165) is 19.4 Å². The van der Waals surface area contributed by atoms with Crippen molar-refractivity contribution in [3.05, 3.63) is 18.1 Å². The van der Waals surface area contributed by atoms with E-state index in [9.17, 15) is 4.79 Å². The molecule has 0 radical (unpaired) electrons. The largest absolute Gasteiger partial charge is 0.369 e. The van der Waals surface area contributed by atoms with Gasteiger partial charge in [-0.15, -0.1) is 0 Å². The van der Waals surface area contributed by atoms with Gasteiger partial charge in [0.2, 0.25) is 0 Å². The first-order valence-corrected chi connectivity index (χ1v) is 6.89. The molecular formula is C14H24N4O. The molecule has 2 N–H and O–H groups in total. The molecule has 5 nitrogen and oxygen atoms in total. The van der Waals surface area contributed by atoms with E-state index in [0.29, 0.717) is 17.4 Å². The monoisotopic (exact) mass is 264 g/mol. The van der Waals surface area contributed by atoms with E-state index in [1.165, 1.54) is 6.20 Å². The number of amides is 1. The Morgan fingerprint density at radius 1 is 1.26 bits per heavy atom. The molecule has 106 valence electrons. The van der Waals surface area contributed by atoms with Gasteiger partial charge in [-0.25, -0.2) is 9.97 Å². The van der Waals surface area contributed by atoms with Gasteiger partial charge in [-0.3, -0.25) is 4.79 Å². The maximum atomic E-state index is 11.8. The second-order valence-corrected chi connectivity index (χ2v) is 5.18. The molecule has 1 amide bonds. The first-order valence-electron chi connectivity index (χ1n) is 6.89. The minimum atomic E-state index is -0.171. The maximum absolute atomic E-state index is 11.8. The predicted octanol–water partition coefficient (Wildman–Crippen LogP) is 2.46. The molecule has 1 heterocycles. The van der Waals surface area contributed by atoms with Gasteiger partial charge >= 0.3 is 0 Å². The normalized spacial score (nSPS) is 12.3. The van der Waals surface area contributed by atoms with Crippen molar-refractivity contribution in [2.24, 2.45) is 5.92 Å². The quantitative estimate of drug-likeness (QED) is 0.794. The highest BCUT2D eigenvalue weighted by Crippen LogP contribution is 2.04. The van der Waals surface area contributed by atoms with Gasteiger partial charge < -0.3 is 10.6 Å². The summed E-state index contributed by atoms with van der Waals surface area (Å²) in [5, 5.41) is 6.05. The van der Waals surface area contributed by atoms with Crippen LogP contribution in [0.2, 0.25) is 0 Å². The third-order valence-electron chi connectivity index (χ3n) is 2.90. The summed E-state index contributed by atoms with van der Waals surface area (Å²) in [4.78, 5) is 20.1. The van der Waals surface area contributed by atoms with E-state index in [1.54, 1.807) is 6.20 Å². The average molecular weight is 264 g/mol. The van der Waals surface area contributed by atoms with Gasteiger partial charge in [0.25, 0.3) is 5.91 Å². The number of carbonyl (C=O) groups is 1. The number of hydrogen-bond acceptors (Lipinski definition) is 4. The van der Waals surface area contributed by atoms with E-state index in [4.69, 9.17) is 0 Å². The van der Waals surface area contributed by atoms with Crippen LogP contribution in [0.15, 0.2) is 12.4 Å². The number of hydrogen-bond donors (Lipinski definition) is 2. The molecule has 0 fully saturated rings. The Morgan fingerprint density at radius 2 is 2.00 bits per heavy atom. The van der Waals surface area contributed by atoms with Gasteiger partial charge in [0.15, 0.2) is 0 Å². The Labute approximate surface area is 115 Å². The summed E-state index contributed by atoms with van der Waals surface area (Å²) in [7, 11) is 0. The van der Waals surface area contributed by atoms with Crippen LogP contribution in [0, 0.1) is 5.92 Å². The fourth-order valence-corrected chi connectivity index (χ4v) is 1.43. The first-order chi connectivity index (χ1) is 9.02. The summed E-state index contributed by atoms with van der Waals surface area (Å²) < 4.78 is 0. The predicted molar refractivity (Wildman–Crippen MR) is 77.2 cm³/mol. The van der Waals surface area contributed by atoms with E-state index < -0.39 is 0 Å². The van der Waals surface area contributed by atoms with E-state index in [-0.39, 0.29) is 11.9 Å². The molecule has 5 heteroatoms. The number of aromatic nitrogens is 2. The zero-order valence-electron chi connectivity index (χ0n) is 12.2. The van der Waals surface area contributed by atoms with Crippen LogP contribution >= 0.6 is 0 Å². The molecule has 19 heavy (non-hydrogen) atoms. The lowest BCUT2D eigenvalue weighted by atomic mass is 10.1. The maximum Gasteiger partial charge on any atom is 0.271 e. The van der Waals surface area contributed by atoms with Crippen molar-refractivity contribution in [3.8, 4) is 0 Å². The summed E-state index contributed by atoms with van der Waals surface area (Å²) >= 11 is 0. The summed E-state index contributed by atoms with van der Waals surface area (Å²) in [5.41, 5.74) is 0.356. The van der Waals surface area contributed by atoms with Crippen LogP contribution < -0.4 is 10.6 Å². The highest BCUT2D eigenvalue weighted by molar-refractivity contribution is 5.92. The van der Waals surface area contributed by atoms with Crippen LogP contribution in [-0.4, -0.2) is 28.5 Å². The molecular weight excluding hydrogens is 240 g/mol. The molecule has 0 aliphatic rings. The van der Waals surface area contributed by atoms with Crippen LogP contribution in [-0.2, 0) is 0 Å². The van der Waals surface area contributed by atoms with Crippen molar-refractivity contribution in [1.29, 1.82) is 0 Å². The fourth-order valence-electron chi connectivity index (χ4n) is 1.43. The lowest BCUT2D eigenvalue weighted by Crippen LogP contribution is -2.32. The highest BCUT2D eigenvalue weighted by atomic mass is 16.1. The molecule has 1 rings (SSSR count). The van der Waals surface area contributed by atoms with Gasteiger partial charge in [0.05, 0.1) is 12.4 Å².